The summed E-state index contributed by atoms with van der Waals surface area (Å²) in [5.74, 6) is 0. The Bertz CT molecular complexity index is 494. The van der Waals surface area contributed by atoms with Crippen LogP contribution in [0.4, 0.5) is 5.69 Å². The van der Waals surface area contributed by atoms with Gasteiger partial charge in [0.05, 0.1) is 0 Å². The molecule has 1 aliphatic carbocycles. The second-order valence-corrected chi connectivity index (χ2v) is 8.35. The standard InChI is InChI=1S/C22H34N2/c1-2-4-7-11-20(10-6-3-1)23-17-14-22(15-18-23)16-19-24(22)21-12-8-5-9-13-21/h5,8-9,12-13,20H,1-4,6-7,10-11,14-19H2. The third-order valence-electron chi connectivity index (χ3n) is 7.01. The summed E-state index contributed by atoms with van der Waals surface area (Å²) in [7, 11) is 0. The minimum Gasteiger partial charge on any atom is -0.366 e. The average molecular weight is 327 g/mol. The van der Waals surface area contributed by atoms with Gasteiger partial charge in [0.2, 0.25) is 0 Å². The Morgan fingerprint density at radius 2 is 1.29 bits per heavy atom. The predicted molar refractivity (Wildman–Crippen MR) is 103 cm³/mol. The van der Waals surface area contributed by atoms with E-state index >= 15 is 0 Å². The molecule has 0 unspecified atom stereocenters. The smallest absolute Gasteiger partial charge is 0.0443 e. The first-order valence-electron chi connectivity index (χ1n) is 10.4. The highest BCUT2D eigenvalue weighted by atomic mass is 15.3. The molecule has 2 heterocycles. The van der Waals surface area contributed by atoms with Gasteiger partial charge in [-0.3, -0.25) is 0 Å². The lowest BCUT2D eigenvalue weighted by Gasteiger charge is -2.58. The molecule has 0 radical (unpaired) electrons. The maximum absolute atomic E-state index is 2.86. The number of hydrogen-bond acceptors (Lipinski definition) is 2. The quantitative estimate of drug-likeness (QED) is 0.734. The Morgan fingerprint density at radius 3 is 1.88 bits per heavy atom. The molecule has 1 spiro atoms. The molecule has 0 amide bonds. The van der Waals surface area contributed by atoms with E-state index in [2.05, 4.69) is 40.1 Å². The first-order chi connectivity index (χ1) is 11.9. The number of rotatable bonds is 2. The molecule has 0 bridgehead atoms. The lowest BCUT2D eigenvalue weighted by Crippen LogP contribution is -2.65. The topological polar surface area (TPSA) is 6.48 Å². The molecule has 1 saturated carbocycles. The molecule has 0 aromatic heterocycles. The molecule has 1 aromatic carbocycles. The molecule has 2 nitrogen and oxygen atoms in total. The van der Waals surface area contributed by atoms with Crippen molar-refractivity contribution >= 4 is 5.69 Å². The Balaban J connectivity index is 1.36. The van der Waals surface area contributed by atoms with Gasteiger partial charge >= 0.3 is 0 Å². The molecule has 2 aliphatic heterocycles. The normalized spacial score (nSPS) is 26.4. The Kier molecular flexibility index (Phi) is 5.12. The molecule has 3 fully saturated rings. The second kappa shape index (κ2) is 7.47. The van der Waals surface area contributed by atoms with Crippen LogP contribution in [-0.4, -0.2) is 36.1 Å². The van der Waals surface area contributed by atoms with Crippen LogP contribution in [-0.2, 0) is 0 Å². The van der Waals surface area contributed by atoms with Gasteiger partial charge in [0.15, 0.2) is 0 Å². The highest BCUT2D eigenvalue weighted by Crippen LogP contribution is 2.43. The zero-order valence-corrected chi connectivity index (χ0v) is 15.3. The summed E-state index contributed by atoms with van der Waals surface area (Å²) in [5.41, 5.74) is 1.93. The maximum atomic E-state index is 2.86. The summed E-state index contributed by atoms with van der Waals surface area (Å²) in [4.78, 5) is 5.56. The van der Waals surface area contributed by atoms with Crippen molar-refractivity contribution in [3.05, 3.63) is 30.3 Å². The van der Waals surface area contributed by atoms with E-state index in [1.165, 1.54) is 96.0 Å². The number of likely N-dealkylation sites (tertiary alicyclic amines) is 1. The van der Waals surface area contributed by atoms with E-state index in [0.29, 0.717) is 5.54 Å². The summed E-state index contributed by atoms with van der Waals surface area (Å²) in [6.07, 6.45) is 15.9. The molecule has 2 heteroatoms. The van der Waals surface area contributed by atoms with Crippen molar-refractivity contribution < 1.29 is 0 Å². The van der Waals surface area contributed by atoms with E-state index in [0.717, 1.165) is 6.04 Å². The molecule has 24 heavy (non-hydrogen) atoms. The van der Waals surface area contributed by atoms with E-state index in [1.807, 2.05) is 0 Å². The average Bonchev–Trinajstić information content (AvgIpc) is 2.76. The van der Waals surface area contributed by atoms with E-state index in [-0.39, 0.29) is 0 Å². The largest absolute Gasteiger partial charge is 0.366 e. The van der Waals surface area contributed by atoms with Crippen molar-refractivity contribution in [3.63, 3.8) is 0 Å². The third kappa shape index (κ3) is 3.35. The highest BCUT2D eigenvalue weighted by molar-refractivity contribution is 5.52. The van der Waals surface area contributed by atoms with Crippen LogP contribution >= 0.6 is 0 Å². The number of benzene rings is 1. The summed E-state index contributed by atoms with van der Waals surface area (Å²) >= 11 is 0. The number of anilines is 1. The Hall–Kier alpha value is -1.02. The summed E-state index contributed by atoms with van der Waals surface area (Å²) in [5, 5.41) is 0. The minimum atomic E-state index is 0.483. The van der Waals surface area contributed by atoms with Crippen molar-refractivity contribution in [2.75, 3.05) is 24.5 Å². The van der Waals surface area contributed by atoms with Crippen LogP contribution in [0.2, 0.25) is 0 Å². The fourth-order valence-electron chi connectivity index (χ4n) is 5.35. The molecule has 0 atom stereocenters. The number of para-hydroxylation sites is 1. The highest BCUT2D eigenvalue weighted by Gasteiger charge is 2.46. The number of piperidine rings is 1. The number of nitrogens with zero attached hydrogens (tertiary/aromatic N) is 2. The van der Waals surface area contributed by atoms with E-state index in [9.17, 15) is 0 Å². The van der Waals surface area contributed by atoms with Crippen LogP contribution in [0.25, 0.3) is 0 Å². The van der Waals surface area contributed by atoms with Crippen LogP contribution in [0.5, 0.6) is 0 Å². The van der Waals surface area contributed by atoms with Crippen LogP contribution in [0.15, 0.2) is 30.3 Å². The van der Waals surface area contributed by atoms with E-state index in [4.69, 9.17) is 0 Å². The van der Waals surface area contributed by atoms with Crippen LogP contribution in [0, 0.1) is 0 Å². The lowest BCUT2D eigenvalue weighted by molar-refractivity contribution is 0.0764. The minimum absolute atomic E-state index is 0.483. The molecular formula is C22H34N2. The monoisotopic (exact) mass is 326 g/mol. The molecule has 3 aliphatic rings. The van der Waals surface area contributed by atoms with Crippen LogP contribution in [0.1, 0.15) is 70.6 Å². The fourth-order valence-corrected chi connectivity index (χ4v) is 5.35. The summed E-state index contributed by atoms with van der Waals surface area (Å²) < 4.78 is 0. The fraction of sp³-hybridized carbons (Fsp3) is 0.727. The molecule has 1 aromatic rings. The van der Waals surface area contributed by atoms with E-state index in [1.54, 1.807) is 0 Å². The van der Waals surface area contributed by atoms with Gasteiger partial charge in [0.25, 0.3) is 0 Å². The zero-order valence-electron chi connectivity index (χ0n) is 15.3. The molecule has 2 saturated heterocycles. The lowest BCUT2D eigenvalue weighted by atomic mass is 9.75. The van der Waals surface area contributed by atoms with Crippen LogP contribution in [0.3, 0.4) is 0 Å². The van der Waals surface area contributed by atoms with E-state index < -0.39 is 0 Å². The Morgan fingerprint density at radius 1 is 0.708 bits per heavy atom. The SMILES string of the molecule is c1ccc(N2CCC23CCN(C2CCCCCCCC2)CC3)cc1. The zero-order chi connectivity index (χ0) is 16.2. The van der Waals surface area contributed by atoms with Gasteiger partial charge in [0.1, 0.15) is 0 Å². The van der Waals surface area contributed by atoms with Gasteiger partial charge in [-0.25, -0.2) is 0 Å². The van der Waals surface area contributed by atoms with Crippen molar-refractivity contribution in [2.45, 2.75) is 82.2 Å². The van der Waals surface area contributed by atoms with Crippen molar-refractivity contribution in [2.24, 2.45) is 0 Å². The van der Waals surface area contributed by atoms with Crippen LogP contribution < -0.4 is 4.90 Å². The van der Waals surface area contributed by atoms with Crippen molar-refractivity contribution in [1.29, 1.82) is 0 Å². The second-order valence-electron chi connectivity index (χ2n) is 8.35. The number of hydrogen-bond donors (Lipinski definition) is 0. The van der Waals surface area contributed by atoms with Gasteiger partial charge in [-0.15, -0.1) is 0 Å². The first kappa shape index (κ1) is 16.4. The maximum Gasteiger partial charge on any atom is 0.0443 e. The van der Waals surface area contributed by atoms with Gasteiger partial charge in [-0.1, -0.05) is 56.7 Å². The van der Waals surface area contributed by atoms with Crippen molar-refractivity contribution in [1.82, 2.24) is 4.90 Å². The molecule has 0 N–H and O–H groups in total. The third-order valence-corrected chi connectivity index (χ3v) is 7.01. The van der Waals surface area contributed by atoms with Gasteiger partial charge in [-0.05, 0) is 44.2 Å². The summed E-state index contributed by atoms with van der Waals surface area (Å²) in [6, 6.07) is 12.0. The first-order valence-corrected chi connectivity index (χ1v) is 10.4. The molecule has 132 valence electrons. The molecular weight excluding hydrogens is 292 g/mol. The van der Waals surface area contributed by atoms with Crippen molar-refractivity contribution in [3.8, 4) is 0 Å². The van der Waals surface area contributed by atoms with Gasteiger partial charge in [-0.2, -0.15) is 0 Å². The molecule has 4 rings (SSSR count). The van der Waals surface area contributed by atoms with Gasteiger partial charge in [0, 0.05) is 36.9 Å². The summed E-state index contributed by atoms with van der Waals surface area (Å²) in [6.45, 7) is 3.91. The Labute approximate surface area is 148 Å². The predicted octanol–water partition coefficient (Wildman–Crippen LogP) is 5.23. The van der Waals surface area contributed by atoms with Gasteiger partial charge < -0.3 is 9.80 Å².